The maximum absolute atomic E-state index is 12.0. The number of benzene rings is 2. The van der Waals surface area contributed by atoms with Gasteiger partial charge in [0.15, 0.2) is 0 Å². The molecule has 0 bridgehead atoms. The largest absolute Gasteiger partial charge is 0.460 e. The zero-order chi connectivity index (χ0) is 18.3. The molecule has 0 aliphatic heterocycles. The molecule has 0 saturated carbocycles. The highest BCUT2D eigenvalue weighted by Crippen LogP contribution is 2.10. The lowest BCUT2D eigenvalue weighted by molar-refractivity contribution is -0.146. The number of rotatable bonds is 7. The van der Waals surface area contributed by atoms with E-state index >= 15 is 0 Å². The summed E-state index contributed by atoms with van der Waals surface area (Å²) in [5, 5.41) is 1.60. The van der Waals surface area contributed by atoms with Crippen molar-refractivity contribution < 1.29 is 17.9 Å². The quantitative estimate of drug-likeness (QED) is 0.748. The molecule has 0 aliphatic rings. The SMILES string of the molecule is C[C@H](NS(=O)(=O)/C=C/c1ccccc1)C(=O)OCc1ccc(Cl)cc1. The third-order valence-electron chi connectivity index (χ3n) is 3.23. The van der Waals surface area contributed by atoms with E-state index in [1.54, 1.807) is 48.5 Å². The first kappa shape index (κ1) is 19.2. The van der Waals surface area contributed by atoms with E-state index in [0.29, 0.717) is 5.02 Å². The Balaban J connectivity index is 1.88. The lowest BCUT2D eigenvalue weighted by Gasteiger charge is -2.12. The van der Waals surface area contributed by atoms with Gasteiger partial charge in [0.05, 0.1) is 0 Å². The topological polar surface area (TPSA) is 72.5 Å². The molecule has 0 aromatic heterocycles. The molecule has 0 radical (unpaired) electrons. The molecular formula is C18H18ClNO4S. The van der Waals surface area contributed by atoms with Gasteiger partial charge in [-0.2, -0.15) is 4.72 Å². The first-order valence-corrected chi connectivity index (χ1v) is 9.45. The first-order valence-electron chi connectivity index (χ1n) is 7.52. The summed E-state index contributed by atoms with van der Waals surface area (Å²) in [7, 11) is -3.76. The Hall–Kier alpha value is -2.15. The summed E-state index contributed by atoms with van der Waals surface area (Å²) in [5.74, 6) is -0.661. The van der Waals surface area contributed by atoms with Gasteiger partial charge < -0.3 is 4.74 Å². The number of ether oxygens (including phenoxy) is 1. The van der Waals surface area contributed by atoms with Crippen LogP contribution < -0.4 is 4.72 Å². The van der Waals surface area contributed by atoms with Crippen LogP contribution in [0.4, 0.5) is 0 Å². The molecule has 0 aliphatic carbocycles. The van der Waals surface area contributed by atoms with Gasteiger partial charge in [0, 0.05) is 10.4 Å². The van der Waals surface area contributed by atoms with Gasteiger partial charge in [-0.1, -0.05) is 54.1 Å². The first-order chi connectivity index (χ1) is 11.9. The van der Waals surface area contributed by atoms with Crippen molar-refractivity contribution in [2.24, 2.45) is 0 Å². The Bertz CT molecular complexity index is 833. The number of halogens is 1. The molecule has 2 rings (SSSR count). The predicted molar refractivity (Wildman–Crippen MR) is 98.2 cm³/mol. The number of hydrogen-bond acceptors (Lipinski definition) is 4. The summed E-state index contributed by atoms with van der Waals surface area (Å²) in [4.78, 5) is 11.9. The standard InChI is InChI=1S/C18H18ClNO4S/c1-14(18(21)24-13-16-7-9-17(19)10-8-16)20-25(22,23)12-11-15-5-3-2-4-6-15/h2-12,14,20H,13H2,1H3/b12-11+/t14-/m0/s1. The van der Waals surface area contributed by atoms with Crippen LogP contribution in [0.2, 0.25) is 5.02 Å². The van der Waals surface area contributed by atoms with Crippen LogP contribution in [0.5, 0.6) is 0 Å². The molecule has 0 unspecified atom stereocenters. The van der Waals surface area contributed by atoms with Crippen molar-refractivity contribution in [3.8, 4) is 0 Å². The van der Waals surface area contributed by atoms with Crippen LogP contribution in [-0.2, 0) is 26.2 Å². The summed E-state index contributed by atoms with van der Waals surface area (Å²) in [5.41, 5.74) is 1.50. The summed E-state index contributed by atoms with van der Waals surface area (Å²) in [6.07, 6.45) is 1.45. The zero-order valence-electron chi connectivity index (χ0n) is 13.6. The summed E-state index contributed by atoms with van der Waals surface area (Å²) < 4.78 is 31.4. The van der Waals surface area contributed by atoms with E-state index in [-0.39, 0.29) is 6.61 Å². The molecule has 2 aromatic carbocycles. The lowest BCUT2D eigenvalue weighted by Crippen LogP contribution is -2.38. The van der Waals surface area contributed by atoms with Gasteiger partial charge in [0.1, 0.15) is 12.6 Å². The van der Waals surface area contributed by atoms with Crippen molar-refractivity contribution in [2.45, 2.75) is 19.6 Å². The lowest BCUT2D eigenvalue weighted by atomic mass is 10.2. The van der Waals surface area contributed by atoms with E-state index in [1.165, 1.54) is 13.0 Å². The molecule has 1 N–H and O–H groups in total. The summed E-state index contributed by atoms with van der Waals surface area (Å²) >= 11 is 5.78. The number of sulfonamides is 1. The minimum Gasteiger partial charge on any atom is -0.460 e. The van der Waals surface area contributed by atoms with E-state index in [1.807, 2.05) is 6.07 Å². The number of nitrogens with one attached hydrogen (secondary N) is 1. The van der Waals surface area contributed by atoms with Crippen LogP contribution in [0.15, 0.2) is 60.0 Å². The number of hydrogen-bond donors (Lipinski definition) is 1. The van der Waals surface area contributed by atoms with Crippen LogP contribution in [0.1, 0.15) is 18.1 Å². The van der Waals surface area contributed by atoms with Gasteiger partial charge in [-0.3, -0.25) is 4.79 Å². The molecule has 0 fully saturated rings. The molecule has 1 atom stereocenters. The van der Waals surface area contributed by atoms with Gasteiger partial charge >= 0.3 is 5.97 Å². The van der Waals surface area contributed by atoms with Crippen molar-refractivity contribution in [1.82, 2.24) is 4.72 Å². The van der Waals surface area contributed by atoms with Crippen molar-refractivity contribution in [3.63, 3.8) is 0 Å². The molecule has 132 valence electrons. The minimum absolute atomic E-state index is 0.0436. The Labute approximate surface area is 152 Å². The Kier molecular flexibility index (Phi) is 6.75. The molecule has 2 aromatic rings. The smallest absolute Gasteiger partial charge is 0.324 e. The number of esters is 1. The van der Waals surface area contributed by atoms with Gasteiger partial charge in [-0.15, -0.1) is 0 Å². The van der Waals surface area contributed by atoms with Gasteiger partial charge in [-0.25, -0.2) is 8.42 Å². The van der Waals surface area contributed by atoms with E-state index in [2.05, 4.69) is 4.72 Å². The van der Waals surface area contributed by atoms with E-state index in [0.717, 1.165) is 16.5 Å². The highest BCUT2D eigenvalue weighted by Gasteiger charge is 2.19. The van der Waals surface area contributed by atoms with Crippen molar-refractivity contribution >= 4 is 33.7 Å². The van der Waals surface area contributed by atoms with Crippen LogP contribution in [0.3, 0.4) is 0 Å². The van der Waals surface area contributed by atoms with E-state index in [4.69, 9.17) is 16.3 Å². The van der Waals surface area contributed by atoms with Crippen LogP contribution >= 0.6 is 11.6 Å². The van der Waals surface area contributed by atoms with E-state index in [9.17, 15) is 13.2 Å². The average molecular weight is 380 g/mol. The zero-order valence-corrected chi connectivity index (χ0v) is 15.1. The molecule has 7 heteroatoms. The third kappa shape index (κ3) is 6.70. The molecule has 0 amide bonds. The van der Waals surface area contributed by atoms with Gasteiger partial charge in [-0.05, 0) is 36.3 Å². The summed E-state index contributed by atoms with van der Waals surface area (Å²) in [6.45, 7) is 1.47. The second-order valence-corrected chi connectivity index (χ2v) is 7.37. The number of carbonyl (C=O) groups excluding carboxylic acids is 1. The van der Waals surface area contributed by atoms with Crippen LogP contribution in [0.25, 0.3) is 6.08 Å². The van der Waals surface area contributed by atoms with Gasteiger partial charge in [0.2, 0.25) is 10.0 Å². The maximum atomic E-state index is 12.0. The number of carbonyl (C=O) groups is 1. The summed E-state index contributed by atoms with van der Waals surface area (Å²) in [6, 6.07) is 14.8. The van der Waals surface area contributed by atoms with Gasteiger partial charge in [0.25, 0.3) is 0 Å². The fourth-order valence-corrected chi connectivity index (χ4v) is 3.06. The average Bonchev–Trinajstić information content (AvgIpc) is 2.60. The van der Waals surface area contributed by atoms with Crippen molar-refractivity contribution in [3.05, 3.63) is 76.2 Å². The maximum Gasteiger partial charge on any atom is 0.324 e. The normalized spacial score (nSPS) is 12.9. The van der Waals surface area contributed by atoms with Crippen molar-refractivity contribution in [1.29, 1.82) is 0 Å². The highest BCUT2D eigenvalue weighted by atomic mass is 35.5. The Morgan fingerprint density at radius 1 is 1.16 bits per heavy atom. The monoisotopic (exact) mass is 379 g/mol. The minimum atomic E-state index is -3.76. The molecule has 5 nitrogen and oxygen atoms in total. The van der Waals surface area contributed by atoms with Crippen LogP contribution in [-0.4, -0.2) is 20.4 Å². The predicted octanol–water partition coefficient (Wildman–Crippen LogP) is 3.36. The highest BCUT2D eigenvalue weighted by molar-refractivity contribution is 7.92. The van der Waals surface area contributed by atoms with Crippen molar-refractivity contribution in [2.75, 3.05) is 0 Å². The van der Waals surface area contributed by atoms with Crippen LogP contribution in [0, 0.1) is 0 Å². The fraction of sp³-hybridized carbons (Fsp3) is 0.167. The second kappa shape index (κ2) is 8.80. The Morgan fingerprint density at radius 3 is 2.44 bits per heavy atom. The fourth-order valence-electron chi connectivity index (χ4n) is 1.93. The molecule has 25 heavy (non-hydrogen) atoms. The molecule has 0 spiro atoms. The molecular weight excluding hydrogens is 362 g/mol. The van der Waals surface area contributed by atoms with E-state index < -0.39 is 22.0 Å². The molecule has 0 heterocycles. The second-order valence-electron chi connectivity index (χ2n) is 5.33. The Morgan fingerprint density at radius 2 is 1.80 bits per heavy atom. The third-order valence-corrected chi connectivity index (χ3v) is 4.66. The molecule has 0 saturated heterocycles.